The third kappa shape index (κ3) is 23.1. The summed E-state index contributed by atoms with van der Waals surface area (Å²) >= 11 is 0. The lowest BCUT2D eigenvalue weighted by molar-refractivity contribution is -0.143. The molecule has 0 heterocycles. The van der Waals surface area contributed by atoms with Gasteiger partial charge in [0.1, 0.15) is 0 Å². The molecule has 0 unspecified atom stereocenters. The molecule has 0 aliphatic carbocycles. The quantitative estimate of drug-likeness (QED) is 0.123. The van der Waals surface area contributed by atoms with Crippen LogP contribution in [-0.2, 0) is 19.6 Å². The number of esters is 1. The van der Waals surface area contributed by atoms with E-state index in [1.165, 1.54) is 25.7 Å². The minimum atomic E-state index is -4.03. The molecule has 0 N–H and O–H groups in total. The SMILES string of the molecule is CCCOC(=O)CCCCCCC/C=C/CCCCCCCCS(=O)(=O)[O-]. The molecule has 0 saturated heterocycles. The Kier molecular flexibility index (Phi) is 17.9. The average Bonchev–Trinajstić information content (AvgIpc) is 2.61. The standard InChI is InChI=1S/C21H40O5S/c1-2-19-26-21(22)18-16-14-12-10-8-6-4-3-5-7-9-11-13-15-17-20-27(23,24)25/h3-4H,2,5-20H2,1H3,(H,23,24,25)/p-1/b4-3+. The average molecular weight is 404 g/mol. The van der Waals surface area contributed by atoms with Crippen molar-refractivity contribution in [3.8, 4) is 0 Å². The number of ether oxygens (including phenoxy) is 1. The van der Waals surface area contributed by atoms with Crippen LogP contribution in [-0.4, -0.2) is 31.3 Å². The van der Waals surface area contributed by atoms with E-state index in [0.717, 1.165) is 57.8 Å². The highest BCUT2D eigenvalue weighted by atomic mass is 32.2. The van der Waals surface area contributed by atoms with E-state index in [-0.39, 0.29) is 11.7 Å². The largest absolute Gasteiger partial charge is 0.748 e. The normalized spacial score (nSPS) is 11.9. The zero-order chi connectivity index (χ0) is 20.2. The van der Waals surface area contributed by atoms with Crippen molar-refractivity contribution < 1.29 is 22.5 Å². The van der Waals surface area contributed by atoms with Crippen molar-refractivity contribution in [2.75, 3.05) is 12.4 Å². The molecule has 0 aromatic carbocycles. The summed E-state index contributed by atoms with van der Waals surface area (Å²) in [5, 5.41) is 0. The molecule has 0 atom stereocenters. The van der Waals surface area contributed by atoms with Crippen LogP contribution in [0.5, 0.6) is 0 Å². The zero-order valence-corrected chi connectivity index (χ0v) is 17.9. The monoisotopic (exact) mass is 403 g/mol. The molecule has 27 heavy (non-hydrogen) atoms. The van der Waals surface area contributed by atoms with Gasteiger partial charge in [0.15, 0.2) is 0 Å². The van der Waals surface area contributed by atoms with Crippen molar-refractivity contribution in [2.45, 2.75) is 103 Å². The maximum atomic E-state index is 11.3. The fourth-order valence-electron chi connectivity index (χ4n) is 2.83. The Labute approximate surface area is 166 Å². The summed E-state index contributed by atoms with van der Waals surface area (Å²) in [6, 6.07) is 0. The van der Waals surface area contributed by atoms with Gasteiger partial charge in [-0.1, -0.05) is 64.0 Å². The molecule has 0 bridgehead atoms. The second kappa shape index (κ2) is 18.5. The maximum Gasteiger partial charge on any atom is 0.305 e. The lowest BCUT2D eigenvalue weighted by Crippen LogP contribution is -2.04. The number of allylic oxidation sites excluding steroid dienone is 2. The Morgan fingerprint density at radius 3 is 1.81 bits per heavy atom. The van der Waals surface area contributed by atoms with Gasteiger partial charge in [0, 0.05) is 12.2 Å². The molecule has 6 heteroatoms. The van der Waals surface area contributed by atoms with Crippen LogP contribution in [0.4, 0.5) is 0 Å². The van der Waals surface area contributed by atoms with E-state index in [0.29, 0.717) is 19.4 Å². The third-order valence-electron chi connectivity index (χ3n) is 4.40. The van der Waals surface area contributed by atoms with Crippen LogP contribution in [0.1, 0.15) is 103 Å². The van der Waals surface area contributed by atoms with Crippen molar-refractivity contribution in [3.05, 3.63) is 12.2 Å². The van der Waals surface area contributed by atoms with Crippen LogP contribution < -0.4 is 0 Å². The Balaban J connectivity index is 3.22. The smallest absolute Gasteiger partial charge is 0.305 e. The van der Waals surface area contributed by atoms with Crippen molar-refractivity contribution in [1.29, 1.82) is 0 Å². The molecule has 160 valence electrons. The van der Waals surface area contributed by atoms with E-state index >= 15 is 0 Å². The molecule has 0 rings (SSSR count). The third-order valence-corrected chi connectivity index (χ3v) is 5.19. The molecule has 0 saturated carbocycles. The summed E-state index contributed by atoms with van der Waals surface area (Å²) < 4.78 is 36.4. The Morgan fingerprint density at radius 1 is 0.815 bits per heavy atom. The molecule has 0 fully saturated rings. The molecule has 0 radical (unpaired) electrons. The number of hydrogen-bond acceptors (Lipinski definition) is 5. The molecule has 0 spiro atoms. The van der Waals surface area contributed by atoms with E-state index in [4.69, 9.17) is 4.74 Å². The highest BCUT2D eigenvalue weighted by Gasteiger charge is 2.01. The van der Waals surface area contributed by atoms with Crippen molar-refractivity contribution in [1.82, 2.24) is 0 Å². The number of rotatable bonds is 19. The molecular formula is C21H39O5S-. The molecule has 0 amide bonds. The second-order valence-corrected chi connectivity index (χ2v) is 8.69. The zero-order valence-electron chi connectivity index (χ0n) is 17.1. The fraction of sp³-hybridized carbons (Fsp3) is 0.857. The number of carbonyl (C=O) groups excluding carboxylic acids is 1. The predicted molar refractivity (Wildman–Crippen MR) is 110 cm³/mol. The van der Waals surface area contributed by atoms with Gasteiger partial charge in [-0.25, -0.2) is 8.42 Å². The number of unbranched alkanes of at least 4 members (excludes halogenated alkanes) is 11. The highest BCUT2D eigenvalue weighted by molar-refractivity contribution is 7.85. The Morgan fingerprint density at radius 2 is 1.30 bits per heavy atom. The summed E-state index contributed by atoms with van der Waals surface area (Å²) in [6.45, 7) is 2.54. The second-order valence-electron chi connectivity index (χ2n) is 7.17. The van der Waals surface area contributed by atoms with Gasteiger partial charge in [-0.05, 0) is 44.9 Å². The van der Waals surface area contributed by atoms with Crippen LogP contribution in [0.25, 0.3) is 0 Å². The first-order valence-corrected chi connectivity index (χ1v) is 12.3. The maximum absolute atomic E-state index is 11.3. The first-order chi connectivity index (χ1) is 13.0. The van der Waals surface area contributed by atoms with E-state index in [9.17, 15) is 17.8 Å². The van der Waals surface area contributed by atoms with Crippen molar-refractivity contribution in [3.63, 3.8) is 0 Å². The number of carbonyl (C=O) groups is 1. The molecule has 0 aliphatic heterocycles. The van der Waals surface area contributed by atoms with Gasteiger partial charge in [-0.3, -0.25) is 4.79 Å². The molecular weight excluding hydrogens is 364 g/mol. The Bertz CT molecular complexity index is 471. The molecule has 0 aliphatic rings. The topological polar surface area (TPSA) is 83.5 Å². The van der Waals surface area contributed by atoms with Gasteiger partial charge in [0.25, 0.3) is 0 Å². The summed E-state index contributed by atoms with van der Waals surface area (Å²) in [4.78, 5) is 11.3. The predicted octanol–water partition coefficient (Wildman–Crippen LogP) is 5.50. The first-order valence-electron chi connectivity index (χ1n) is 10.7. The fourth-order valence-corrected chi connectivity index (χ4v) is 3.39. The molecule has 5 nitrogen and oxygen atoms in total. The van der Waals surface area contributed by atoms with Gasteiger partial charge in [0.05, 0.1) is 16.7 Å². The Hall–Kier alpha value is -0.880. The van der Waals surface area contributed by atoms with Crippen molar-refractivity contribution >= 4 is 16.1 Å². The van der Waals surface area contributed by atoms with Crippen LogP contribution >= 0.6 is 0 Å². The van der Waals surface area contributed by atoms with E-state index in [1.54, 1.807) is 0 Å². The lowest BCUT2D eigenvalue weighted by atomic mass is 10.1. The summed E-state index contributed by atoms with van der Waals surface area (Å²) in [7, 11) is -4.03. The van der Waals surface area contributed by atoms with Crippen LogP contribution in [0.3, 0.4) is 0 Å². The van der Waals surface area contributed by atoms with Crippen LogP contribution in [0, 0.1) is 0 Å². The minimum absolute atomic E-state index is 0.0600. The van der Waals surface area contributed by atoms with Gasteiger partial charge >= 0.3 is 5.97 Å². The van der Waals surface area contributed by atoms with E-state index in [2.05, 4.69) is 12.2 Å². The van der Waals surface area contributed by atoms with Crippen molar-refractivity contribution in [2.24, 2.45) is 0 Å². The number of hydrogen-bond donors (Lipinski definition) is 0. The van der Waals surface area contributed by atoms with Crippen LogP contribution in [0.2, 0.25) is 0 Å². The minimum Gasteiger partial charge on any atom is -0.748 e. The van der Waals surface area contributed by atoms with E-state index in [1.807, 2.05) is 6.92 Å². The summed E-state index contributed by atoms with van der Waals surface area (Å²) in [5.74, 6) is -0.281. The summed E-state index contributed by atoms with van der Waals surface area (Å²) in [5.41, 5.74) is 0. The summed E-state index contributed by atoms with van der Waals surface area (Å²) in [6.07, 6.45) is 19.6. The van der Waals surface area contributed by atoms with Gasteiger partial charge in [-0.15, -0.1) is 0 Å². The van der Waals surface area contributed by atoms with Gasteiger partial charge in [-0.2, -0.15) is 0 Å². The molecule has 0 aromatic rings. The van der Waals surface area contributed by atoms with Gasteiger partial charge < -0.3 is 9.29 Å². The molecule has 0 aromatic heterocycles. The van der Waals surface area contributed by atoms with Crippen LogP contribution in [0.15, 0.2) is 12.2 Å². The van der Waals surface area contributed by atoms with Gasteiger partial charge in [0.2, 0.25) is 0 Å². The van der Waals surface area contributed by atoms with E-state index < -0.39 is 10.1 Å². The first kappa shape index (κ1) is 26.1. The highest BCUT2D eigenvalue weighted by Crippen LogP contribution is 2.10. The lowest BCUT2D eigenvalue weighted by Gasteiger charge is -2.05.